The fourth-order valence-electron chi connectivity index (χ4n) is 1.87. The van der Waals surface area contributed by atoms with Gasteiger partial charge >= 0.3 is 5.69 Å². The number of hydrogen-bond acceptors (Lipinski definition) is 4. The van der Waals surface area contributed by atoms with E-state index in [2.05, 4.69) is 10.3 Å². The van der Waals surface area contributed by atoms with Crippen LogP contribution in [0.3, 0.4) is 0 Å². The van der Waals surface area contributed by atoms with E-state index >= 15 is 0 Å². The number of halogens is 1. The summed E-state index contributed by atoms with van der Waals surface area (Å²) in [5, 5.41) is 2.99. The molecule has 8 nitrogen and oxygen atoms in total. The van der Waals surface area contributed by atoms with E-state index in [1.807, 2.05) is 0 Å². The Hall–Kier alpha value is -1.68. The molecule has 0 fully saturated rings. The summed E-state index contributed by atoms with van der Waals surface area (Å²) in [5.74, 6) is 0. The van der Waals surface area contributed by atoms with Gasteiger partial charge in [0, 0.05) is 27.2 Å². The second-order valence-corrected chi connectivity index (χ2v) is 4.55. The number of nitrogens with two attached hydrogens (primary N) is 1. The normalized spacial score (nSPS) is 10.3. The Balaban J connectivity index is 0.00000200. The second-order valence-electron chi connectivity index (χ2n) is 4.11. The molecule has 0 saturated carbocycles. The van der Waals surface area contributed by atoms with Crippen molar-refractivity contribution in [1.29, 1.82) is 0 Å². The SMILES string of the molecule is Br.Cn1c(=O)c2c(ncn2CCNC(N)=S)n(C)c1=O. The smallest absolute Gasteiger partial charge is 0.332 e. The van der Waals surface area contributed by atoms with Gasteiger partial charge in [-0.15, -0.1) is 17.0 Å². The molecule has 0 spiro atoms. The van der Waals surface area contributed by atoms with Crippen molar-refractivity contribution in [3.8, 4) is 0 Å². The van der Waals surface area contributed by atoms with Gasteiger partial charge < -0.3 is 15.6 Å². The van der Waals surface area contributed by atoms with Crippen LogP contribution in [0.1, 0.15) is 0 Å². The van der Waals surface area contributed by atoms with Crippen molar-refractivity contribution in [2.24, 2.45) is 19.8 Å². The highest BCUT2D eigenvalue weighted by molar-refractivity contribution is 8.93. The molecule has 3 N–H and O–H groups in total. The van der Waals surface area contributed by atoms with Crippen LogP contribution in [0.25, 0.3) is 11.2 Å². The van der Waals surface area contributed by atoms with E-state index in [9.17, 15) is 9.59 Å². The van der Waals surface area contributed by atoms with Crippen LogP contribution in [0.2, 0.25) is 0 Å². The van der Waals surface area contributed by atoms with Crippen molar-refractivity contribution in [3.05, 3.63) is 27.2 Å². The first kappa shape index (κ1) is 16.4. The number of nitrogens with one attached hydrogen (secondary N) is 1. The van der Waals surface area contributed by atoms with Crippen LogP contribution in [-0.4, -0.2) is 30.3 Å². The molecule has 110 valence electrons. The Labute approximate surface area is 130 Å². The number of nitrogens with zero attached hydrogens (tertiary/aromatic N) is 4. The van der Waals surface area contributed by atoms with Gasteiger partial charge in [-0.1, -0.05) is 0 Å². The lowest BCUT2D eigenvalue weighted by Crippen LogP contribution is -2.38. The van der Waals surface area contributed by atoms with Gasteiger partial charge in [-0.3, -0.25) is 13.9 Å². The molecule has 2 rings (SSSR count). The van der Waals surface area contributed by atoms with Crippen molar-refractivity contribution in [2.45, 2.75) is 6.54 Å². The lowest BCUT2D eigenvalue weighted by atomic mass is 10.5. The molecule has 2 aromatic heterocycles. The number of aromatic nitrogens is 4. The summed E-state index contributed by atoms with van der Waals surface area (Å²) < 4.78 is 4.07. The van der Waals surface area contributed by atoms with E-state index in [0.29, 0.717) is 24.3 Å². The quantitative estimate of drug-likeness (QED) is 0.668. The van der Waals surface area contributed by atoms with Crippen LogP contribution in [-0.2, 0) is 20.6 Å². The standard InChI is InChI=1S/C10H14N6O2S.BrH/c1-14-7-6(8(17)15(2)10(14)18)16(5-13-7)4-3-12-9(11)19;/h5H,3-4H2,1-2H3,(H3,11,12,19);1H. The lowest BCUT2D eigenvalue weighted by Gasteiger charge is -2.07. The lowest BCUT2D eigenvalue weighted by molar-refractivity contribution is 0.673. The highest BCUT2D eigenvalue weighted by atomic mass is 79.9. The predicted molar refractivity (Wildman–Crippen MR) is 85.3 cm³/mol. The van der Waals surface area contributed by atoms with Gasteiger partial charge in [-0.2, -0.15) is 0 Å². The van der Waals surface area contributed by atoms with Gasteiger partial charge in [0.2, 0.25) is 0 Å². The summed E-state index contributed by atoms with van der Waals surface area (Å²) in [6.45, 7) is 0.952. The minimum absolute atomic E-state index is 0. The summed E-state index contributed by atoms with van der Waals surface area (Å²) in [6.07, 6.45) is 1.52. The molecule has 10 heteroatoms. The highest BCUT2D eigenvalue weighted by Gasteiger charge is 2.13. The van der Waals surface area contributed by atoms with E-state index in [0.717, 1.165) is 4.57 Å². The van der Waals surface area contributed by atoms with Crippen LogP contribution < -0.4 is 22.3 Å². The number of hydrogen-bond donors (Lipinski definition) is 2. The van der Waals surface area contributed by atoms with Crippen LogP contribution in [0.5, 0.6) is 0 Å². The highest BCUT2D eigenvalue weighted by Crippen LogP contribution is 2.04. The number of imidazole rings is 1. The maximum atomic E-state index is 12.1. The third kappa shape index (κ3) is 2.75. The van der Waals surface area contributed by atoms with E-state index in [-0.39, 0.29) is 27.7 Å². The number of fused-ring (bicyclic) bond motifs is 1. The largest absolute Gasteiger partial charge is 0.376 e. The Morgan fingerprint density at radius 2 is 2.05 bits per heavy atom. The van der Waals surface area contributed by atoms with E-state index in [4.69, 9.17) is 18.0 Å². The number of aryl methyl sites for hydroxylation is 1. The summed E-state index contributed by atoms with van der Waals surface area (Å²) in [6, 6.07) is 0. The number of rotatable bonds is 3. The minimum atomic E-state index is -0.399. The van der Waals surface area contributed by atoms with E-state index < -0.39 is 5.69 Å². The summed E-state index contributed by atoms with van der Waals surface area (Å²) in [7, 11) is 3.02. The van der Waals surface area contributed by atoms with Crippen LogP contribution in [0.15, 0.2) is 15.9 Å². The molecule has 0 radical (unpaired) electrons. The Morgan fingerprint density at radius 3 is 2.65 bits per heavy atom. The first-order valence-corrected chi connectivity index (χ1v) is 5.98. The van der Waals surface area contributed by atoms with Gasteiger partial charge in [0.05, 0.1) is 6.33 Å². The summed E-state index contributed by atoms with van der Waals surface area (Å²) in [4.78, 5) is 27.9. The van der Waals surface area contributed by atoms with Crippen molar-refractivity contribution < 1.29 is 0 Å². The van der Waals surface area contributed by atoms with E-state index in [1.54, 1.807) is 11.6 Å². The van der Waals surface area contributed by atoms with Crippen molar-refractivity contribution in [3.63, 3.8) is 0 Å². The van der Waals surface area contributed by atoms with Crippen LogP contribution in [0, 0.1) is 0 Å². The fourth-order valence-corrected chi connectivity index (χ4v) is 1.97. The minimum Gasteiger partial charge on any atom is -0.376 e. The van der Waals surface area contributed by atoms with Gasteiger partial charge in [-0.05, 0) is 12.2 Å². The van der Waals surface area contributed by atoms with Gasteiger partial charge in [0.25, 0.3) is 5.56 Å². The van der Waals surface area contributed by atoms with Crippen molar-refractivity contribution >= 4 is 45.5 Å². The van der Waals surface area contributed by atoms with Gasteiger partial charge in [0.1, 0.15) is 0 Å². The average molecular weight is 363 g/mol. The first-order valence-electron chi connectivity index (χ1n) is 5.57. The molecule has 0 aliphatic heterocycles. The Bertz CT molecular complexity index is 761. The molecule has 0 unspecified atom stereocenters. The molecule has 0 aliphatic carbocycles. The zero-order chi connectivity index (χ0) is 14.2. The van der Waals surface area contributed by atoms with Crippen molar-refractivity contribution in [2.75, 3.05) is 6.54 Å². The molecular formula is C10H15BrN6O2S. The zero-order valence-electron chi connectivity index (χ0n) is 11.0. The zero-order valence-corrected chi connectivity index (χ0v) is 13.5. The third-order valence-corrected chi connectivity index (χ3v) is 3.01. The topological polar surface area (TPSA) is 99.9 Å². The van der Waals surface area contributed by atoms with Gasteiger partial charge in [0.15, 0.2) is 16.3 Å². The predicted octanol–water partition coefficient (Wildman–Crippen LogP) is -1.16. The molecule has 20 heavy (non-hydrogen) atoms. The number of thiocarbonyl (C=S) groups is 1. The van der Waals surface area contributed by atoms with Crippen molar-refractivity contribution in [1.82, 2.24) is 24.0 Å². The summed E-state index contributed by atoms with van der Waals surface area (Å²) in [5.41, 5.74) is 5.31. The molecule has 0 saturated heterocycles. The summed E-state index contributed by atoms with van der Waals surface area (Å²) >= 11 is 4.70. The van der Waals surface area contributed by atoms with Crippen LogP contribution in [0.4, 0.5) is 0 Å². The molecular weight excluding hydrogens is 348 g/mol. The fraction of sp³-hybridized carbons (Fsp3) is 0.400. The van der Waals surface area contributed by atoms with Gasteiger partial charge in [-0.25, -0.2) is 9.78 Å². The molecule has 0 bridgehead atoms. The second kappa shape index (κ2) is 6.18. The maximum Gasteiger partial charge on any atom is 0.332 e. The first-order chi connectivity index (χ1) is 8.93. The van der Waals surface area contributed by atoms with E-state index in [1.165, 1.54) is 17.9 Å². The molecule has 2 aromatic rings. The Kier molecular flexibility index (Phi) is 5.06. The maximum absolute atomic E-state index is 12.1. The average Bonchev–Trinajstić information content (AvgIpc) is 2.77. The van der Waals surface area contributed by atoms with Crippen LogP contribution >= 0.6 is 29.2 Å². The Morgan fingerprint density at radius 1 is 1.40 bits per heavy atom. The monoisotopic (exact) mass is 362 g/mol. The molecule has 0 amide bonds. The molecule has 0 aromatic carbocycles. The molecule has 2 heterocycles. The third-order valence-electron chi connectivity index (χ3n) is 2.87. The molecule has 0 atom stereocenters. The molecule has 0 aliphatic rings.